The first-order valence-electron chi connectivity index (χ1n) is 6.39. The Morgan fingerprint density at radius 3 is 2.68 bits per heavy atom. The second kappa shape index (κ2) is 6.91. The number of nitro groups is 1. The van der Waals surface area contributed by atoms with Crippen LogP contribution in [0, 0.1) is 17.0 Å². The fourth-order valence-corrected chi connectivity index (χ4v) is 2.03. The van der Waals surface area contributed by atoms with Gasteiger partial charge in [-0.3, -0.25) is 14.9 Å². The second-order valence-electron chi connectivity index (χ2n) is 4.53. The topological polar surface area (TPSA) is 81.5 Å². The van der Waals surface area contributed by atoms with Crippen molar-refractivity contribution >= 4 is 28.9 Å². The van der Waals surface area contributed by atoms with Crippen LogP contribution in [0.5, 0.6) is 5.75 Å². The van der Waals surface area contributed by atoms with Crippen molar-refractivity contribution in [1.29, 1.82) is 0 Å². The largest absolute Gasteiger partial charge is 0.482 e. The van der Waals surface area contributed by atoms with Gasteiger partial charge in [-0.15, -0.1) is 0 Å². The van der Waals surface area contributed by atoms with Crippen LogP contribution >= 0.6 is 11.6 Å². The fourth-order valence-electron chi connectivity index (χ4n) is 1.84. The molecule has 2 rings (SSSR count). The minimum atomic E-state index is -0.471. The van der Waals surface area contributed by atoms with Crippen molar-refractivity contribution < 1.29 is 14.5 Å². The highest BCUT2D eigenvalue weighted by molar-refractivity contribution is 6.32. The van der Waals surface area contributed by atoms with Gasteiger partial charge in [0.2, 0.25) is 0 Å². The van der Waals surface area contributed by atoms with Gasteiger partial charge in [-0.1, -0.05) is 23.7 Å². The Kier molecular flexibility index (Phi) is 4.95. The summed E-state index contributed by atoms with van der Waals surface area (Å²) in [7, 11) is 0. The van der Waals surface area contributed by atoms with Crippen LogP contribution in [0.4, 0.5) is 11.4 Å². The summed E-state index contributed by atoms with van der Waals surface area (Å²) in [6, 6.07) is 11.2. The molecule has 1 amide bonds. The summed E-state index contributed by atoms with van der Waals surface area (Å²) in [6.45, 7) is 1.40. The molecule has 0 aliphatic carbocycles. The summed E-state index contributed by atoms with van der Waals surface area (Å²) in [5.74, 6) is 0.0346. The molecule has 6 nitrogen and oxygen atoms in total. The quantitative estimate of drug-likeness (QED) is 0.674. The number of rotatable bonds is 5. The molecular formula is C15H13ClN2O4. The molecule has 0 aromatic heterocycles. The molecule has 0 radical (unpaired) electrons. The van der Waals surface area contributed by atoms with Gasteiger partial charge >= 0.3 is 0 Å². The normalized spacial score (nSPS) is 10.1. The maximum absolute atomic E-state index is 11.8. The summed E-state index contributed by atoms with van der Waals surface area (Å²) in [4.78, 5) is 22.1. The molecule has 7 heteroatoms. The van der Waals surface area contributed by atoms with E-state index in [4.69, 9.17) is 16.3 Å². The van der Waals surface area contributed by atoms with E-state index < -0.39 is 4.92 Å². The number of halogens is 1. The van der Waals surface area contributed by atoms with Gasteiger partial charge in [-0.05, 0) is 31.2 Å². The zero-order valence-electron chi connectivity index (χ0n) is 11.7. The third-order valence-electron chi connectivity index (χ3n) is 2.87. The Labute approximate surface area is 131 Å². The number of carbonyl (C=O) groups is 1. The van der Waals surface area contributed by atoms with Crippen LogP contribution in [0.1, 0.15) is 5.56 Å². The van der Waals surface area contributed by atoms with Gasteiger partial charge in [0.15, 0.2) is 6.61 Å². The highest BCUT2D eigenvalue weighted by atomic mass is 35.5. The number of hydrogen-bond acceptors (Lipinski definition) is 4. The van der Waals surface area contributed by atoms with Gasteiger partial charge < -0.3 is 10.1 Å². The van der Waals surface area contributed by atoms with E-state index in [1.807, 2.05) is 0 Å². The zero-order chi connectivity index (χ0) is 16.1. The lowest BCUT2D eigenvalue weighted by Gasteiger charge is -2.09. The predicted molar refractivity (Wildman–Crippen MR) is 83.4 cm³/mol. The van der Waals surface area contributed by atoms with E-state index in [9.17, 15) is 14.9 Å². The van der Waals surface area contributed by atoms with Gasteiger partial charge in [0.05, 0.1) is 9.95 Å². The fraction of sp³-hybridized carbons (Fsp3) is 0.133. The van der Waals surface area contributed by atoms with Gasteiger partial charge in [0, 0.05) is 17.3 Å². The van der Waals surface area contributed by atoms with Crippen LogP contribution in [0.3, 0.4) is 0 Å². The lowest BCUT2D eigenvalue weighted by atomic mass is 10.2. The SMILES string of the molecule is Cc1cc(NC(=O)COc2ccccc2Cl)ccc1[N+](=O)[O-]. The van der Waals surface area contributed by atoms with E-state index in [1.165, 1.54) is 18.2 Å². The van der Waals surface area contributed by atoms with E-state index in [0.717, 1.165) is 0 Å². The molecule has 114 valence electrons. The van der Waals surface area contributed by atoms with Crippen LogP contribution in [0.25, 0.3) is 0 Å². The Morgan fingerprint density at radius 1 is 1.32 bits per heavy atom. The summed E-state index contributed by atoms with van der Waals surface area (Å²) < 4.78 is 5.31. The Balaban J connectivity index is 1.96. The molecule has 0 heterocycles. The van der Waals surface area contributed by atoms with Crippen LogP contribution < -0.4 is 10.1 Å². The maximum Gasteiger partial charge on any atom is 0.272 e. The number of carbonyl (C=O) groups excluding carboxylic acids is 1. The molecule has 22 heavy (non-hydrogen) atoms. The van der Waals surface area contributed by atoms with Crippen LogP contribution in [0.2, 0.25) is 5.02 Å². The third kappa shape index (κ3) is 3.95. The molecule has 0 atom stereocenters. The number of anilines is 1. The lowest BCUT2D eigenvalue weighted by molar-refractivity contribution is -0.385. The molecule has 0 aliphatic rings. The summed E-state index contributed by atoms with van der Waals surface area (Å²) in [5.41, 5.74) is 0.941. The first kappa shape index (κ1) is 15.8. The Morgan fingerprint density at radius 2 is 2.05 bits per heavy atom. The van der Waals surface area contributed by atoms with Crippen molar-refractivity contribution in [2.75, 3.05) is 11.9 Å². The van der Waals surface area contributed by atoms with Crippen molar-refractivity contribution in [2.45, 2.75) is 6.92 Å². The van der Waals surface area contributed by atoms with Gasteiger partial charge in [0.25, 0.3) is 11.6 Å². The lowest BCUT2D eigenvalue weighted by Crippen LogP contribution is -2.20. The standard InChI is InChI=1S/C15H13ClN2O4/c1-10-8-11(6-7-13(10)18(20)21)17-15(19)9-22-14-5-3-2-4-12(14)16/h2-8H,9H2,1H3,(H,17,19). The maximum atomic E-state index is 11.8. The number of para-hydroxylation sites is 1. The number of hydrogen-bond donors (Lipinski definition) is 1. The van der Waals surface area contributed by atoms with Crippen LogP contribution in [-0.2, 0) is 4.79 Å². The van der Waals surface area contributed by atoms with Crippen molar-refractivity contribution in [3.8, 4) is 5.75 Å². The van der Waals surface area contributed by atoms with E-state index in [1.54, 1.807) is 31.2 Å². The first-order chi connectivity index (χ1) is 10.5. The molecule has 2 aromatic rings. The van der Waals surface area contributed by atoms with Crippen LogP contribution in [0.15, 0.2) is 42.5 Å². The minimum absolute atomic E-state index is 0.00492. The molecule has 0 spiro atoms. The van der Waals surface area contributed by atoms with Gasteiger partial charge in [-0.25, -0.2) is 0 Å². The van der Waals surface area contributed by atoms with Gasteiger partial charge in [-0.2, -0.15) is 0 Å². The highest BCUT2D eigenvalue weighted by Gasteiger charge is 2.12. The van der Waals surface area contributed by atoms with Crippen LogP contribution in [-0.4, -0.2) is 17.4 Å². The van der Waals surface area contributed by atoms with Crippen molar-refractivity contribution in [2.24, 2.45) is 0 Å². The molecule has 0 saturated carbocycles. The third-order valence-corrected chi connectivity index (χ3v) is 3.18. The molecule has 0 saturated heterocycles. The van der Waals surface area contributed by atoms with Crippen molar-refractivity contribution in [1.82, 2.24) is 0 Å². The molecule has 2 aromatic carbocycles. The van der Waals surface area contributed by atoms with E-state index in [2.05, 4.69) is 5.32 Å². The first-order valence-corrected chi connectivity index (χ1v) is 6.77. The monoisotopic (exact) mass is 320 g/mol. The number of nitrogens with one attached hydrogen (secondary N) is 1. The van der Waals surface area contributed by atoms with Crippen molar-refractivity contribution in [3.05, 3.63) is 63.2 Å². The van der Waals surface area contributed by atoms with E-state index in [-0.39, 0.29) is 18.2 Å². The summed E-state index contributed by atoms with van der Waals surface area (Å²) in [5, 5.41) is 13.8. The Hall–Kier alpha value is -2.60. The molecular weight excluding hydrogens is 308 g/mol. The number of amides is 1. The number of nitrogens with zero attached hydrogens (tertiary/aromatic N) is 1. The molecule has 1 N–H and O–H groups in total. The predicted octanol–water partition coefficient (Wildman–Crippen LogP) is 3.57. The second-order valence-corrected chi connectivity index (χ2v) is 4.93. The number of benzene rings is 2. The smallest absolute Gasteiger partial charge is 0.272 e. The molecule has 0 aliphatic heterocycles. The Bertz CT molecular complexity index is 718. The zero-order valence-corrected chi connectivity index (χ0v) is 12.5. The van der Waals surface area contributed by atoms with Crippen molar-refractivity contribution in [3.63, 3.8) is 0 Å². The number of nitro benzene ring substituents is 1. The molecule has 0 fully saturated rings. The summed E-state index contributed by atoms with van der Waals surface area (Å²) in [6.07, 6.45) is 0. The minimum Gasteiger partial charge on any atom is -0.482 e. The van der Waals surface area contributed by atoms with E-state index in [0.29, 0.717) is 22.0 Å². The average Bonchev–Trinajstić information content (AvgIpc) is 2.46. The van der Waals surface area contributed by atoms with Gasteiger partial charge in [0.1, 0.15) is 5.75 Å². The van der Waals surface area contributed by atoms with E-state index >= 15 is 0 Å². The number of aryl methyl sites for hydroxylation is 1. The highest BCUT2D eigenvalue weighted by Crippen LogP contribution is 2.23. The molecule has 0 bridgehead atoms. The average molecular weight is 321 g/mol. The summed E-state index contributed by atoms with van der Waals surface area (Å²) >= 11 is 5.92. The number of ether oxygens (including phenoxy) is 1. The molecule has 0 unspecified atom stereocenters.